The Bertz CT molecular complexity index is 2390. The SMILES string of the molecule is COc1ccc(S(=O)(=O)N2Cc3cc(-c4ccc(C#N)o4)ccc3N(Cc3cncn3C)C[C@H]2Cc2ccc(OC(=O)NCc3ccccc3)cc2)cc1. The number of benzene rings is 4. The highest BCUT2D eigenvalue weighted by Crippen LogP contribution is 2.36. The highest BCUT2D eigenvalue weighted by atomic mass is 32.2. The van der Waals surface area contributed by atoms with Crippen LogP contribution in [-0.4, -0.2) is 48.1 Å². The minimum Gasteiger partial charge on any atom is -0.497 e. The van der Waals surface area contributed by atoms with Crippen LogP contribution in [0.1, 0.15) is 28.1 Å². The van der Waals surface area contributed by atoms with Crippen molar-refractivity contribution in [3.8, 4) is 28.9 Å². The molecule has 13 heteroatoms. The van der Waals surface area contributed by atoms with E-state index in [2.05, 4.69) is 15.2 Å². The number of carbonyl (C=O) groups is 1. The Morgan fingerprint density at radius 1 is 0.963 bits per heavy atom. The molecule has 0 radical (unpaired) electrons. The number of fused-ring (bicyclic) bond motifs is 1. The van der Waals surface area contributed by atoms with Crippen LogP contribution in [0.15, 0.2) is 131 Å². The van der Waals surface area contributed by atoms with Gasteiger partial charge in [-0.1, -0.05) is 42.5 Å². The molecule has 54 heavy (non-hydrogen) atoms. The molecule has 2 aromatic heterocycles. The average molecular weight is 743 g/mol. The van der Waals surface area contributed by atoms with Crippen molar-refractivity contribution in [1.29, 1.82) is 5.26 Å². The van der Waals surface area contributed by atoms with Crippen LogP contribution in [0.4, 0.5) is 10.5 Å². The minimum atomic E-state index is -4.06. The first kappa shape index (κ1) is 36.0. The maximum Gasteiger partial charge on any atom is 0.412 e. The van der Waals surface area contributed by atoms with Crippen LogP contribution in [-0.2, 0) is 43.1 Å². The lowest BCUT2D eigenvalue weighted by Crippen LogP contribution is -2.45. The van der Waals surface area contributed by atoms with Crippen molar-refractivity contribution < 1.29 is 27.1 Å². The summed E-state index contributed by atoms with van der Waals surface area (Å²) in [5, 5.41) is 12.1. The summed E-state index contributed by atoms with van der Waals surface area (Å²) in [4.78, 5) is 19.2. The van der Waals surface area contributed by atoms with Gasteiger partial charge in [-0.05, 0) is 89.8 Å². The van der Waals surface area contributed by atoms with Gasteiger partial charge in [0.05, 0.1) is 30.6 Å². The van der Waals surface area contributed by atoms with Crippen molar-refractivity contribution in [3.63, 3.8) is 0 Å². The van der Waals surface area contributed by atoms with Gasteiger partial charge in [0.1, 0.15) is 23.3 Å². The lowest BCUT2D eigenvalue weighted by Gasteiger charge is -2.32. The number of amides is 1. The van der Waals surface area contributed by atoms with Gasteiger partial charge in [0.15, 0.2) is 0 Å². The van der Waals surface area contributed by atoms with E-state index in [1.165, 1.54) is 7.11 Å². The molecule has 1 atom stereocenters. The average Bonchev–Trinajstić information content (AvgIpc) is 3.81. The summed E-state index contributed by atoms with van der Waals surface area (Å²) in [6, 6.07) is 33.7. The standard InChI is InChI=1S/C41H38N6O6S/c1-45-28-43-24-34(45)27-46-26-33(20-29-8-11-36(12-9-29)53-41(48)44-23-30-6-4-3-5-7-30)47(54(49,50)38-16-13-35(51-2)14-17-38)25-32-21-31(10-18-39(32)46)40-19-15-37(22-42)52-40/h3-19,21,24,28,33H,20,23,25-27H2,1-2H3,(H,44,48)/t33-/m1/s1. The lowest BCUT2D eigenvalue weighted by molar-refractivity contribution is 0.200. The Morgan fingerprint density at radius 3 is 2.41 bits per heavy atom. The molecule has 1 aliphatic rings. The third-order valence-electron chi connectivity index (χ3n) is 9.41. The molecule has 0 unspecified atom stereocenters. The Hall–Kier alpha value is -6.36. The lowest BCUT2D eigenvalue weighted by atomic mass is 10.1. The molecule has 0 bridgehead atoms. The fourth-order valence-corrected chi connectivity index (χ4v) is 8.15. The number of furan rings is 1. The van der Waals surface area contributed by atoms with E-state index in [0.717, 1.165) is 33.6 Å². The number of aryl methyl sites for hydroxylation is 1. The van der Waals surface area contributed by atoms with Gasteiger partial charge >= 0.3 is 6.09 Å². The van der Waals surface area contributed by atoms with E-state index in [4.69, 9.17) is 13.9 Å². The minimum absolute atomic E-state index is 0.0681. The number of ether oxygens (including phenoxy) is 2. The molecular weight excluding hydrogens is 705 g/mol. The van der Waals surface area contributed by atoms with Crippen LogP contribution < -0.4 is 19.7 Å². The maximum atomic E-state index is 14.7. The molecule has 1 aliphatic heterocycles. The van der Waals surface area contributed by atoms with Gasteiger partial charge in [0.25, 0.3) is 0 Å². The molecule has 1 N–H and O–H groups in total. The molecule has 3 heterocycles. The zero-order chi connectivity index (χ0) is 37.7. The van der Waals surface area contributed by atoms with Gasteiger partial charge in [0, 0.05) is 50.2 Å². The largest absolute Gasteiger partial charge is 0.497 e. The fourth-order valence-electron chi connectivity index (χ4n) is 6.56. The quantitative estimate of drug-likeness (QED) is 0.154. The number of sulfonamides is 1. The van der Waals surface area contributed by atoms with E-state index in [9.17, 15) is 18.5 Å². The first-order valence-corrected chi connectivity index (χ1v) is 18.7. The van der Waals surface area contributed by atoms with Crippen molar-refractivity contribution >= 4 is 21.8 Å². The molecule has 7 rings (SSSR count). The number of nitriles is 1. The molecule has 0 fully saturated rings. The van der Waals surface area contributed by atoms with Crippen molar-refractivity contribution in [2.75, 3.05) is 18.6 Å². The van der Waals surface area contributed by atoms with Gasteiger partial charge in [-0.15, -0.1) is 0 Å². The Morgan fingerprint density at radius 2 is 1.72 bits per heavy atom. The summed E-state index contributed by atoms with van der Waals surface area (Å²) < 4.78 is 49.5. The molecule has 274 valence electrons. The van der Waals surface area contributed by atoms with Crippen molar-refractivity contribution in [2.45, 2.75) is 37.0 Å². The summed E-state index contributed by atoms with van der Waals surface area (Å²) >= 11 is 0. The first-order valence-electron chi connectivity index (χ1n) is 17.3. The zero-order valence-electron chi connectivity index (χ0n) is 29.8. The van der Waals surface area contributed by atoms with Gasteiger partial charge in [0.2, 0.25) is 15.8 Å². The number of rotatable bonds is 11. The number of methoxy groups -OCH3 is 1. The number of nitrogens with one attached hydrogen (secondary N) is 1. The van der Waals surface area contributed by atoms with Crippen LogP contribution in [0.5, 0.6) is 11.5 Å². The first-order chi connectivity index (χ1) is 26.2. The normalized spacial score (nSPS) is 14.5. The van der Waals surface area contributed by atoms with Crippen molar-refractivity contribution in [3.05, 3.63) is 150 Å². The predicted octanol–water partition coefficient (Wildman–Crippen LogP) is 6.67. The van der Waals surface area contributed by atoms with Gasteiger partial charge < -0.3 is 28.7 Å². The second-order valence-corrected chi connectivity index (χ2v) is 14.8. The van der Waals surface area contributed by atoms with E-state index in [0.29, 0.717) is 43.3 Å². The molecular formula is C41H38N6O6S. The molecule has 0 saturated carbocycles. The summed E-state index contributed by atoms with van der Waals surface area (Å²) in [5.41, 5.74) is 5.13. The number of nitrogens with zero attached hydrogens (tertiary/aromatic N) is 5. The number of hydrogen-bond donors (Lipinski definition) is 1. The Balaban J connectivity index is 1.22. The molecule has 0 spiro atoms. The van der Waals surface area contributed by atoms with Crippen LogP contribution in [0.2, 0.25) is 0 Å². The maximum absolute atomic E-state index is 14.7. The monoisotopic (exact) mass is 742 g/mol. The summed E-state index contributed by atoms with van der Waals surface area (Å²) in [6.45, 7) is 1.23. The molecule has 0 saturated heterocycles. The van der Waals surface area contributed by atoms with Crippen molar-refractivity contribution in [2.24, 2.45) is 7.05 Å². The number of carbonyl (C=O) groups excluding carboxylic acids is 1. The number of anilines is 1. The molecule has 4 aromatic carbocycles. The topological polar surface area (TPSA) is 143 Å². The third-order valence-corrected chi connectivity index (χ3v) is 11.3. The van der Waals surface area contributed by atoms with Gasteiger partial charge in [-0.3, -0.25) is 0 Å². The van der Waals surface area contributed by atoms with Crippen molar-refractivity contribution in [1.82, 2.24) is 19.2 Å². The van der Waals surface area contributed by atoms with E-state index in [1.54, 1.807) is 65.4 Å². The molecule has 12 nitrogen and oxygen atoms in total. The van der Waals surface area contributed by atoms with E-state index < -0.39 is 22.2 Å². The third kappa shape index (κ3) is 8.00. The van der Waals surface area contributed by atoms with Crippen LogP contribution >= 0.6 is 0 Å². The second-order valence-electron chi connectivity index (χ2n) is 13.0. The highest BCUT2D eigenvalue weighted by Gasteiger charge is 2.37. The number of aromatic nitrogens is 2. The van der Waals surface area contributed by atoms with Gasteiger partial charge in [-0.25, -0.2) is 18.2 Å². The Labute approximate surface area is 313 Å². The van der Waals surface area contributed by atoms with E-state index >= 15 is 0 Å². The van der Waals surface area contributed by atoms with E-state index in [-0.39, 0.29) is 17.2 Å². The molecule has 6 aromatic rings. The molecule has 1 amide bonds. The predicted molar refractivity (Wildman–Crippen MR) is 202 cm³/mol. The van der Waals surface area contributed by atoms with Gasteiger partial charge in [-0.2, -0.15) is 9.57 Å². The van der Waals surface area contributed by atoms with Crippen LogP contribution in [0.3, 0.4) is 0 Å². The Kier molecular flexibility index (Phi) is 10.5. The number of hydrogen-bond acceptors (Lipinski definition) is 9. The zero-order valence-corrected chi connectivity index (χ0v) is 30.6. The summed E-state index contributed by atoms with van der Waals surface area (Å²) in [7, 11) is -0.596. The number of imidazole rings is 1. The second kappa shape index (κ2) is 15.7. The summed E-state index contributed by atoms with van der Waals surface area (Å²) in [6.07, 6.45) is 3.33. The smallest absolute Gasteiger partial charge is 0.412 e. The fraction of sp³-hybridized carbons (Fsp3) is 0.195. The van der Waals surface area contributed by atoms with Crippen LogP contribution in [0, 0.1) is 11.3 Å². The van der Waals surface area contributed by atoms with E-state index in [1.807, 2.05) is 78.3 Å². The highest BCUT2D eigenvalue weighted by molar-refractivity contribution is 7.89. The van der Waals surface area contributed by atoms with Crippen LogP contribution in [0.25, 0.3) is 11.3 Å². The summed E-state index contributed by atoms with van der Waals surface area (Å²) in [5.74, 6) is 1.60. The molecule has 0 aliphatic carbocycles.